The minimum atomic E-state index is -0.108. The monoisotopic (exact) mass is 229 g/mol. The smallest absolute Gasteiger partial charge is 0.294 e. The summed E-state index contributed by atoms with van der Waals surface area (Å²) < 4.78 is 5.00. The van der Waals surface area contributed by atoms with Gasteiger partial charge in [0, 0.05) is 0 Å². The van der Waals surface area contributed by atoms with E-state index in [1.807, 2.05) is 6.08 Å². The van der Waals surface area contributed by atoms with Gasteiger partial charge < -0.3 is 18.7 Å². The summed E-state index contributed by atoms with van der Waals surface area (Å²) >= 11 is 1.22. The van der Waals surface area contributed by atoms with Gasteiger partial charge in [0.2, 0.25) is 5.76 Å². The Hall–Kier alpha value is -1.51. The van der Waals surface area contributed by atoms with E-state index in [4.69, 9.17) is 18.8 Å². The van der Waals surface area contributed by atoms with Gasteiger partial charge >= 0.3 is 0 Å². The van der Waals surface area contributed by atoms with Crippen LogP contribution in [0.5, 0.6) is 0 Å². The zero-order valence-corrected chi connectivity index (χ0v) is 8.05. The van der Waals surface area contributed by atoms with E-state index >= 15 is 0 Å². The lowest BCUT2D eigenvalue weighted by molar-refractivity contribution is -0.356. The second-order valence-electron chi connectivity index (χ2n) is 2.65. The predicted molar refractivity (Wildman–Crippen MR) is 46.1 cm³/mol. The summed E-state index contributed by atoms with van der Waals surface area (Å²) in [5.74, 6) is 0.806. The third-order valence-corrected chi connectivity index (χ3v) is 2.57. The lowest BCUT2D eigenvalue weighted by Gasteiger charge is -2.10. The maximum absolute atomic E-state index is 5.00. The van der Waals surface area contributed by atoms with Crippen molar-refractivity contribution < 1.29 is 23.7 Å². The van der Waals surface area contributed by atoms with Gasteiger partial charge in [0.1, 0.15) is 5.25 Å². The van der Waals surface area contributed by atoms with E-state index < -0.39 is 0 Å². The second kappa shape index (κ2) is 3.57. The van der Waals surface area contributed by atoms with Crippen LogP contribution >= 0.6 is 12.0 Å². The van der Waals surface area contributed by atoms with Crippen LogP contribution in [-0.2, 0) is 23.7 Å². The van der Waals surface area contributed by atoms with Crippen LogP contribution in [-0.4, -0.2) is 10.3 Å². The van der Waals surface area contributed by atoms with E-state index in [0.717, 1.165) is 0 Å². The molecule has 0 N–H and O–H groups in total. The Morgan fingerprint density at radius 3 is 3.07 bits per heavy atom. The van der Waals surface area contributed by atoms with Gasteiger partial charge in [0.05, 0.1) is 24.5 Å². The van der Waals surface area contributed by atoms with Crippen molar-refractivity contribution in [1.29, 1.82) is 0 Å². The van der Waals surface area contributed by atoms with E-state index in [1.165, 1.54) is 29.6 Å². The van der Waals surface area contributed by atoms with Crippen molar-refractivity contribution >= 4 is 12.0 Å². The number of rotatable bonds is 2. The Kier molecular flexibility index (Phi) is 2.09. The maximum atomic E-state index is 5.00. The molecule has 1 atom stereocenters. The van der Waals surface area contributed by atoms with Gasteiger partial charge in [-0.25, -0.2) is 0 Å². The van der Waals surface area contributed by atoms with Crippen molar-refractivity contribution in [1.82, 2.24) is 10.7 Å². The molecular formula is C7H5N2O5S. The van der Waals surface area contributed by atoms with Crippen LogP contribution in [0.4, 0.5) is 0 Å². The van der Waals surface area contributed by atoms with Crippen LogP contribution in [0, 0.1) is 0 Å². The van der Waals surface area contributed by atoms with E-state index in [1.54, 1.807) is 6.26 Å². The highest BCUT2D eigenvalue weighted by Crippen LogP contribution is 2.34. The number of hydrogen-bond donors (Lipinski definition) is 0. The molecule has 0 fully saturated rings. The Morgan fingerprint density at radius 1 is 1.33 bits per heavy atom. The summed E-state index contributed by atoms with van der Waals surface area (Å²) in [4.78, 5) is 19.2. The van der Waals surface area contributed by atoms with E-state index in [0.29, 0.717) is 11.6 Å². The lowest BCUT2D eigenvalue weighted by Crippen LogP contribution is -2.16. The fourth-order valence-corrected chi connectivity index (χ4v) is 1.74. The summed E-state index contributed by atoms with van der Waals surface area (Å²) in [6.07, 6.45) is 6.27. The molecular weight excluding hydrogens is 224 g/mol. The molecule has 0 saturated carbocycles. The van der Waals surface area contributed by atoms with Gasteiger partial charge in [0.15, 0.2) is 11.9 Å². The highest BCUT2D eigenvalue weighted by molar-refractivity contribution is 7.95. The molecule has 0 bridgehead atoms. The quantitative estimate of drug-likeness (QED) is 0.513. The first-order valence-electron chi connectivity index (χ1n) is 4.02. The Morgan fingerprint density at radius 2 is 2.33 bits per heavy atom. The van der Waals surface area contributed by atoms with Gasteiger partial charge in [-0.1, -0.05) is 4.99 Å². The summed E-state index contributed by atoms with van der Waals surface area (Å²) in [6.45, 7) is 0. The summed E-state index contributed by atoms with van der Waals surface area (Å²) in [5, 5.41) is 1.15. The van der Waals surface area contributed by atoms with Gasteiger partial charge in [-0.05, 0) is 6.08 Å². The topological polar surface area (TPSA) is 63.5 Å². The molecule has 0 aromatic heterocycles. The van der Waals surface area contributed by atoms with Crippen LogP contribution in [0.2, 0.25) is 0 Å². The molecule has 3 aliphatic heterocycles. The van der Waals surface area contributed by atoms with E-state index in [2.05, 4.69) is 10.5 Å². The number of hydroxylamine groups is 2. The average molecular weight is 229 g/mol. The highest BCUT2D eigenvalue weighted by atomic mass is 32.2. The van der Waals surface area contributed by atoms with Crippen molar-refractivity contribution in [2.24, 2.45) is 0 Å². The number of nitrogens with zero attached hydrogens (tertiary/aromatic N) is 2. The van der Waals surface area contributed by atoms with Crippen LogP contribution in [0.25, 0.3) is 0 Å². The first-order chi connectivity index (χ1) is 7.45. The molecule has 0 saturated heterocycles. The van der Waals surface area contributed by atoms with Gasteiger partial charge in [-0.2, -0.15) is 0 Å². The Balaban J connectivity index is 1.85. The van der Waals surface area contributed by atoms with E-state index in [-0.39, 0.29) is 5.25 Å². The van der Waals surface area contributed by atoms with Crippen molar-refractivity contribution in [3.63, 3.8) is 0 Å². The first-order valence-corrected chi connectivity index (χ1v) is 4.82. The zero-order valence-electron chi connectivity index (χ0n) is 7.23. The predicted octanol–water partition coefficient (Wildman–Crippen LogP) is 0.847. The molecule has 3 rings (SSSR count). The SMILES string of the molecule is C1=CN(C2=C(C3C=COS3)O[N]O2)OO1. The molecule has 0 aliphatic carbocycles. The number of hydrogen-bond acceptors (Lipinski definition) is 7. The second-order valence-corrected chi connectivity index (χ2v) is 3.54. The lowest BCUT2D eigenvalue weighted by atomic mass is 10.3. The molecule has 1 radical (unpaired) electrons. The summed E-state index contributed by atoms with van der Waals surface area (Å²) in [7, 11) is 0. The first kappa shape index (κ1) is 8.77. The molecule has 3 aliphatic rings. The van der Waals surface area contributed by atoms with Crippen molar-refractivity contribution in [3.8, 4) is 0 Å². The molecule has 1 unspecified atom stereocenters. The van der Waals surface area contributed by atoms with Crippen molar-refractivity contribution in [3.05, 3.63) is 36.4 Å². The average Bonchev–Trinajstić information content (AvgIpc) is 3.01. The maximum Gasteiger partial charge on any atom is 0.294 e. The normalized spacial score (nSPS) is 27.7. The molecule has 0 aromatic carbocycles. The molecule has 0 amide bonds. The van der Waals surface area contributed by atoms with Gasteiger partial charge in [0.25, 0.3) is 5.88 Å². The van der Waals surface area contributed by atoms with Crippen LogP contribution < -0.4 is 5.64 Å². The van der Waals surface area contributed by atoms with Crippen molar-refractivity contribution in [2.45, 2.75) is 5.25 Å². The molecule has 7 nitrogen and oxygen atoms in total. The molecule has 8 heteroatoms. The minimum absolute atomic E-state index is 0.108. The Labute approximate surface area is 88.8 Å². The molecule has 0 spiro atoms. The minimum Gasteiger partial charge on any atom is -0.433 e. The van der Waals surface area contributed by atoms with Gasteiger partial charge in [-0.3, -0.25) is 0 Å². The summed E-state index contributed by atoms with van der Waals surface area (Å²) in [5.41, 5.74) is 3.35. The fourth-order valence-electron chi connectivity index (χ4n) is 1.14. The van der Waals surface area contributed by atoms with Crippen LogP contribution in [0.15, 0.2) is 36.4 Å². The van der Waals surface area contributed by atoms with Crippen LogP contribution in [0.1, 0.15) is 0 Å². The van der Waals surface area contributed by atoms with Gasteiger partial charge in [-0.15, -0.1) is 5.06 Å². The van der Waals surface area contributed by atoms with Crippen LogP contribution in [0.3, 0.4) is 0 Å². The standard InChI is InChI=1S/C7H5N2O5S/c1-3-11-15-5(1)6-7(13-8-12-6)9-2-4-10-14-9/h1-5H. The molecule has 3 heterocycles. The zero-order chi connectivity index (χ0) is 10.1. The molecule has 15 heavy (non-hydrogen) atoms. The molecule has 79 valence electrons. The van der Waals surface area contributed by atoms with E-state index in [9.17, 15) is 0 Å². The summed E-state index contributed by atoms with van der Waals surface area (Å²) in [6, 6.07) is 0. The van der Waals surface area contributed by atoms with Crippen molar-refractivity contribution in [2.75, 3.05) is 0 Å². The molecule has 0 aromatic rings. The highest BCUT2D eigenvalue weighted by Gasteiger charge is 2.35. The fraction of sp³-hybridized carbons (Fsp3) is 0.143. The third-order valence-electron chi connectivity index (χ3n) is 1.77. The third kappa shape index (κ3) is 1.48. The Bertz CT molecular complexity index is 323. The largest absolute Gasteiger partial charge is 0.433 e.